The Morgan fingerprint density at radius 1 is 1.12 bits per heavy atom. The Morgan fingerprint density at radius 2 is 1.68 bits per heavy atom. The first-order valence-electron chi connectivity index (χ1n) is 8.47. The number of fused-ring (bicyclic) bond motifs is 3. The summed E-state index contributed by atoms with van der Waals surface area (Å²) >= 11 is 0. The van der Waals surface area contributed by atoms with Gasteiger partial charge in [0.25, 0.3) is 0 Å². The lowest BCUT2D eigenvalue weighted by Gasteiger charge is -2.20. The van der Waals surface area contributed by atoms with Crippen LogP contribution < -0.4 is 0 Å². The van der Waals surface area contributed by atoms with Crippen LogP contribution in [0.1, 0.15) is 23.5 Å². The van der Waals surface area contributed by atoms with Crippen molar-refractivity contribution in [3.63, 3.8) is 0 Å². The molecule has 2 N–H and O–H groups in total. The van der Waals surface area contributed by atoms with Crippen molar-refractivity contribution >= 4 is 6.09 Å². The lowest BCUT2D eigenvalue weighted by Crippen LogP contribution is -2.32. The summed E-state index contributed by atoms with van der Waals surface area (Å²) in [5.74, 6) is 0.0350. The maximum Gasteiger partial charge on any atom is 0.409 e. The van der Waals surface area contributed by atoms with Crippen LogP contribution in [0.25, 0.3) is 11.1 Å². The second-order valence-corrected chi connectivity index (χ2v) is 6.35. The maximum atomic E-state index is 12.2. The number of hydrogen-bond donors (Lipinski definition) is 2. The molecule has 0 saturated heterocycles. The molecule has 25 heavy (non-hydrogen) atoms. The number of aliphatic hydroxyl groups is 2. The molecule has 0 fully saturated rings. The van der Waals surface area contributed by atoms with Crippen molar-refractivity contribution in [2.24, 2.45) is 0 Å². The average Bonchev–Trinajstić information content (AvgIpc) is 2.97. The summed E-state index contributed by atoms with van der Waals surface area (Å²) in [5.41, 5.74) is 4.74. The molecule has 1 amide bonds. The highest BCUT2D eigenvalue weighted by Gasteiger charge is 2.29. The molecular weight excluding hydrogens is 318 g/mol. The Kier molecular flexibility index (Phi) is 5.36. The van der Waals surface area contributed by atoms with Gasteiger partial charge in [-0.05, 0) is 28.7 Å². The van der Waals surface area contributed by atoms with Gasteiger partial charge in [0.15, 0.2) is 0 Å². The molecule has 0 bridgehead atoms. The third-order valence-electron chi connectivity index (χ3n) is 4.66. The first kappa shape index (κ1) is 17.5. The van der Waals surface area contributed by atoms with Crippen molar-refractivity contribution < 1.29 is 19.7 Å². The number of carbonyl (C=O) groups is 1. The fourth-order valence-corrected chi connectivity index (χ4v) is 3.23. The first-order valence-corrected chi connectivity index (χ1v) is 8.47. The standard InChI is InChI=1S/C20H23NO4/c1-21(11-10-14(23)12-22)20(24)25-13-19-17-8-4-2-6-15(17)16-7-3-5-9-18(16)19/h2-9,14,19,22-23H,10-13H2,1H3. The minimum absolute atomic E-state index is 0.0350. The van der Waals surface area contributed by atoms with Crippen LogP contribution in [0.5, 0.6) is 0 Å². The molecular formula is C20H23NO4. The summed E-state index contributed by atoms with van der Waals surface area (Å²) < 4.78 is 5.51. The van der Waals surface area contributed by atoms with E-state index in [4.69, 9.17) is 9.84 Å². The van der Waals surface area contributed by atoms with Crippen molar-refractivity contribution in [3.8, 4) is 11.1 Å². The maximum absolute atomic E-state index is 12.2. The van der Waals surface area contributed by atoms with Gasteiger partial charge in [-0.3, -0.25) is 0 Å². The second-order valence-electron chi connectivity index (χ2n) is 6.35. The first-order chi connectivity index (χ1) is 12.1. The third kappa shape index (κ3) is 3.67. The van der Waals surface area contributed by atoms with Gasteiger partial charge in [0.2, 0.25) is 0 Å². The summed E-state index contributed by atoms with van der Waals surface area (Å²) in [6.07, 6.45) is -0.923. The summed E-state index contributed by atoms with van der Waals surface area (Å²) in [7, 11) is 1.63. The topological polar surface area (TPSA) is 70.0 Å². The van der Waals surface area contributed by atoms with Gasteiger partial charge in [0, 0.05) is 19.5 Å². The minimum Gasteiger partial charge on any atom is -0.448 e. The molecule has 0 heterocycles. The summed E-state index contributed by atoms with van der Waals surface area (Å²) in [5, 5.41) is 18.2. The van der Waals surface area contributed by atoms with Crippen LogP contribution in [-0.4, -0.2) is 54.1 Å². The van der Waals surface area contributed by atoms with Gasteiger partial charge in [0.05, 0.1) is 12.7 Å². The summed E-state index contributed by atoms with van der Waals surface area (Å²) in [6, 6.07) is 16.4. The predicted molar refractivity (Wildman–Crippen MR) is 95.4 cm³/mol. The van der Waals surface area contributed by atoms with Gasteiger partial charge in [-0.2, -0.15) is 0 Å². The molecule has 1 unspecified atom stereocenters. The van der Waals surface area contributed by atoms with E-state index >= 15 is 0 Å². The van der Waals surface area contributed by atoms with E-state index in [-0.39, 0.29) is 19.1 Å². The monoisotopic (exact) mass is 341 g/mol. The highest BCUT2D eigenvalue weighted by atomic mass is 16.6. The molecule has 5 heteroatoms. The molecule has 1 aliphatic carbocycles. The fourth-order valence-electron chi connectivity index (χ4n) is 3.23. The van der Waals surface area contributed by atoms with Crippen LogP contribution in [0.2, 0.25) is 0 Å². The number of aliphatic hydroxyl groups excluding tert-OH is 2. The van der Waals surface area contributed by atoms with Gasteiger partial charge in [-0.15, -0.1) is 0 Å². The largest absolute Gasteiger partial charge is 0.448 e. The lowest BCUT2D eigenvalue weighted by molar-refractivity contribution is 0.0718. The number of carbonyl (C=O) groups excluding carboxylic acids is 1. The van der Waals surface area contributed by atoms with Crippen molar-refractivity contribution in [2.75, 3.05) is 26.8 Å². The molecule has 132 valence electrons. The highest BCUT2D eigenvalue weighted by molar-refractivity contribution is 5.79. The van der Waals surface area contributed by atoms with Gasteiger partial charge < -0.3 is 19.8 Å². The molecule has 5 nitrogen and oxygen atoms in total. The van der Waals surface area contributed by atoms with Crippen LogP contribution in [-0.2, 0) is 4.74 Å². The molecule has 3 rings (SSSR count). The Labute approximate surface area is 147 Å². The Bertz CT molecular complexity index is 700. The van der Waals surface area contributed by atoms with Crippen LogP contribution >= 0.6 is 0 Å². The molecule has 1 atom stereocenters. The number of amides is 1. The molecule has 0 aliphatic heterocycles. The average molecular weight is 341 g/mol. The lowest BCUT2D eigenvalue weighted by atomic mass is 9.98. The zero-order valence-corrected chi connectivity index (χ0v) is 14.3. The van der Waals surface area contributed by atoms with E-state index in [0.717, 1.165) is 0 Å². The van der Waals surface area contributed by atoms with Gasteiger partial charge >= 0.3 is 6.09 Å². The van der Waals surface area contributed by atoms with Gasteiger partial charge in [-0.1, -0.05) is 48.5 Å². The van der Waals surface area contributed by atoms with Gasteiger partial charge in [0.1, 0.15) is 6.61 Å². The Hall–Kier alpha value is -2.37. The van der Waals surface area contributed by atoms with Gasteiger partial charge in [-0.25, -0.2) is 4.79 Å². The Balaban J connectivity index is 1.66. The molecule has 1 aliphatic rings. The Morgan fingerprint density at radius 3 is 2.24 bits per heavy atom. The molecule has 2 aromatic carbocycles. The predicted octanol–water partition coefficient (Wildman–Crippen LogP) is 2.61. The number of benzene rings is 2. The molecule has 0 radical (unpaired) electrons. The van der Waals surface area contributed by atoms with E-state index < -0.39 is 12.2 Å². The van der Waals surface area contributed by atoms with E-state index in [1.807, 2.05) is 24.3 Å². The summed E-state index contributed by atoms with van der Waals surface area (Å²) in [4.78, 5) is 13.6. The number of hydrogen-bond acceptors (Lipinski definition) is 4. The normalized spacial score (nSPS) is 13.9. The number of rotatable bonds is 6. The summed E-state index contributed by atoms with van der Waals surface area (Å²) in [6.45, 7) is 0.302. The van der Waals surface area contributed by atoms with Crippen molar-refractivity contribution in [1.82, 2.24) is 4.90 Å². The zero-order chi connectivity index (χ0) is 17.8. The highest BCUT2D eigenvalue weighted by Crippen LogP contribution is 2.44. The number of nitrogens with zero attached hydrogens (tertiary/aromatic N) is 1. The van der Waals surface area contributed by atoms with E-state index in [1.54, 1.807) is 7.05 Å². The van der Waals surface area contributed by atoms with Crippen LogP contribution in [0.4, 0.5) is 4.79 Å². The van der Waals surface area contributed by atoms with Crippen molar-refractivity contribution in [1.29, 1.82) is 0 Å². The smallest absolute Gasteiger partial charge is 0.409 e. The quantitative estimate of drug-likeness (QED) is 0.847. The van der Waals surface area contributed by atoms with E-state index in [9.17, 15) is 9.90 Å². The number of ether oxygens (including phenoxy) is 1. The van der Waals surface area contributed by atoms with Crippen molar-refractivity contribution in [3.05, 3.63) is 59.7 Å². The van der Waals surface area contributed by atoms with E-state index in [1.165, 1.54) is 27.2 Å². The molecule has 0 saturated carbocycles. The minimum atomic E-state index is -0.816. The second kappa shape index (κ2) is 7.68. The van der Waals surface area contributed by atoms with Crippen LogP contribution in [0.15, 0.2) is 48.5 Å². The molecule has 0 spiro atoms. The SMILES string of the molecule is CN(CCC(O)CO)C(=O)OCC1c2ccccc2-c2ccccc21. The fraction of sp³-hybridized carbons (Fsp3) is 0.350. The van der Waals surface area contributed by atoms with E-state index in [0.29, 0.717) is 13.0 Å². The van der Waals surface area contributed by atoms with Crippen LogP contribution in [0.3, 0.4) is 0 Å². The van der Waals surface area contributed by atoms with Crippen molar-refractivity contribution in [2.45, 2.75) is 18.4 Å². The zero-order valence-electron chi connectivity index (χ0n) is 14.3. The molecule has 0 aromatic heterocycles. The molecule has 2 aromatic rings. The van der Waals surface area contributed by atoms with E-state index in [2.05, 4.69) is 24.3 Å². The third-order valence-corrected chi connectivity index (χ3v) is 4.66. The van der Waals surface area contributed by atoms with Crippen LogP contribution in [0, 0.1) is 0 Å².